The lowest BCUT2D eigenvalue weighted by atomic mass is 9.80. The van der Waals surface area contributed by atoms with Crippen LogP contribution in [0, 0.1) is 5.92 Å². The van der Waals surface area contributed by atoms with E-state index >= 15 is 0 Å². The van der Waals surface area contributed by atoms with E-state index in [-0.39, 0.29) is 17.9 Å². The van der Waals surface area contributed by atoms with Crippen molar-refractivity contribution in [1.82, 2.24) is 10.9 Å². The van der Waals surface area contributed by atoms with Crippen molar-refractivity contribution >= 4 is 5.91 Å². The van der Waals surface area contributed by atoms with Gasteiger partial charge in [0.25, 0.3) is 0 Å². The quantitative estimate of drug-likeness (QED) is 0.433. The van der Waals surface area contributed by atoms with Gasteiger partial charge in [-0.25, -0.2) is 5.43 Å². The van der Waals surface area contributed by atoms with Gasteiger partial charge in [-0.3, -0.25) is 10.2 Å². The molecule has 0 saturated heterocycles. The number of hydrogen-bond donors (Lipinski definition) is 3. The molecule has 1 aliphatic carbocycles. The first-order valence-corrected chi connectivity index (χ1v) is 3.46. The average molecular weight is 143 g/mol. The van der Waals surface area contributed by atoms with Crippen molar-refractivity contribution in [3.63, 3.8) is 0 Å². The van der Waals surface area contributed by atoms with Gasteiger partial charge >= 0.3 is 0 Å². The summed E-state index contributed by atoms with van der Waals surface area (Å²) in [5.74, 6) is 0.201. The fraction of sp³-hybridized carbons (Fsp3) is 0.833. The zero-order valence-electron chi connectivity index (χ0n) is 6.05. The number of hydrogen-bond acceptors (Lipinski definition) is 3. The van der Waals surface area contributed by atoms with Crippen LogP contribution in [0.2, 0.25) is 0 Å². The largest absolute Gasteiger partial charge is 0.328 e. The number of hydrazine groups is 1. The third-order valence-corrected chi connectivity index (χ3v) is 1.79. The summed E-state index contributed by atoms with van der Waals surface area (Å²) in [7, 11) is 1.68. The minimum absolute atomic E-state index is 0.0594. The van der Waals surface area contributed by atoms with Gasteiger partial charge in [0.05, 0.1) is 0 Å². The summed E-state index contributed by atoms with van der Waals surface area (Å²) in [5.41, 5.74) is 10.6. The molecule has 0 aromatic carbocycles. The van der Waals surface area contributed by atoms with E-state index in [1.807, 2.05) is 0 Å². The van der Waals surface area contributed by atoms with Gasteiger partial charge < -0.3 is 5.73 Å². The van der Waals surface area contributed by atoms with E-state index in [1.54, 1.807) is 7.05 Å². The summed E-state index contributed by atoms with van der Waals surface area (Å²) < 4.78 is 0. The number of carbonyl (C=O) groups excluding carboxylic acids is 1. The van der Waals surface area contributed by atoms with E-state index in [9.17, 15) is 4.79 Å². The predicted molar refractivity (Wildman–Crippen MR) is 37.9 cm³/mol. The first kappa shape index (κ1) is 7.50. The molecule has 1 rings (SSSR count). The van der Waals surface area contributed by atoms with Crippen molar-refractivity contribution < 1.29 is 4.79 Å². The van der Waals surface area contributed by atoms with E-state index in [2.05, 4.69) is 10.9 Å². The molecule has 0 spiro atoms. The van der Waals surface area contributed by atoms with Crippen molar-refractivity contribution in [3.8, 4) is 0 Å². The van der Waals surface area contributed by atoms with Crippen molar-refractivity contribution in [3.05, 3.63) is 0 Å². The van der Waals surface area contributed by atoms with Crippen LogP contribution in [0.4, 0.5) is 0 Å². The maximum Gasteiger partial charge on any atom is 0.237 e. The highest BCUT2D eigenvalue weighted by molar-refractivity contribution is 5.79. The van der Waals surface area contributed by atoms with Crippen LogP contribution in [0.5, 0.6) is 0 Å². The lowest BCUT2D eigenvalue weighted by Crippen LogP contribution is -2.48. The van der Waals surface area contributed by atoms with Crippen molar-refractivity contribution in [2.24, 2.45) is 11.7 Å². The predicted octanol–water partition coefficient (Wildman–Crippen LogP) is -1.03. The van der Waals surface area contributed by atoms with Gasteiger partial charge in [-0.05, 0) is 12.8 Å². The van der Waals surface area contributed by atoms with E-state index in [1.165, 1.54) is 0 Å². The van der Waals surface area contributed by atoms with Crippen LogP contribution in [0.1, 0.15) is 12.8 Å². The third-order valence-electron chi connectivity index (χ3n) is 1.79. The van der Waals surface area contributed by atoms with Crippen molar-refractivity contribution in [2.45, 2.75) is 18.9 Å². The molecule has 4 N–H and O–H groups in total. The lowest BCUT2D eigenvalue weighted by molar-refractivity contribution is -0.128. The zero-order valence-corrected chi connectivity index (χ0v) is 6.05. The van der Waals surface area contributed by atoms with Gasteiger partial charge in [0.2, 0.25) is 5.91 Å². The van der Waals surface area contributed by atoms with Crippen LogP contribution in [0.3, 0.4) is 0 Å². The van der Waals surface area contributed by atoms with E-state index in [4.69, 9.17) is 5.73 Å². The van der Waals surface area contributed by atoms with Crippen LogP contribution in [0.25, 0.3) is 0 Å². The summed E-state index contributed by atoms with van der Waals surface area (Å²) in [6, 6.07) is 0.243. The van der Waals surface area contributed by atoms with E-state index in [0.29, 0.717) is 0 Å². The topological polar surface area (TPSA) is 67.1 Å². The Labute approximate surface area is 60.1 Å². The maximum atomic E-state index is 10.9. The molecule has 0 aliphatic heterocycles. The molecule has 0 radical (unpaired) electrons. The van der Waals surface area contributed by atoms with Gasteiger partial charge in [0.15, 0.2) is 0 Å². The molecule has 4 heteroatoms. The molecular weight excluding hydrogens is 130 g/mol. The molecule has 1 fully saturated rings. The number of amides is 1. The molecule has 1 amide bonds. The third kappa shape index (κ3) is 1.46. The van der Waals surface area contributed by atoms with E-state index < -0.39 is 0 Å². The summed E-state index contributed by atoms with van der Waals surface area (Å²) in [6.45, 7) is 0. The highest BCUT2D eigenvalue weighted by atomic mass is 16.2. The molecule has 0 atom stereocenters. The molecule has 0 aromatic rings. The van der Waals surface area contributed by atoms with Gasteiger partial charge in [-0.1, -0.05) is 0 Å². The maximum absolute atomic E-state index is 10.9. The Kier molecular flexibility index (Phi) is 2.24. The van der Waals surface area contributed by atoms with Crippen LogP contribution in [-0.2, 0) is 4.79 Å². The van der Waals surface area contributed by atoms with Gasteiger partial charge in [0.1, 0.15) is 0 Å². The number of rotatable bonds is 2. The Morgan fingerprint density at radius 2 is 2.20 bits per heavy atom. The van der Waals surface area contributed by atoms with Crippen molar-refractivity contribution in [2.75, 3.05) is 7.05 Å². The Balaban J connectivity index is 2.18. The molecule has 1 aliphatic rings. The minimum Gasteiger partial charge on any atom is -0.328 e. The second-order valence-electron chi connectivity index (χ2n) is 2.67. The molecule has 0 heterocycles. The van der Waals surface area contributed by atoms with Gasteiger partial charge in [0, 0.05) is 19.0 Å². The first-order chi connectivity index (χ1) is 4.74. The zero-order chi connectivity index (χ0) is 7.56. The number of nitrogens with one attached hydrogen (secondary N) is 2. The number of nitrogens with two attached hydrogens (primary N) is 1. The fourth-order valence-corrected chi connectivity index (χ4v) is 1.10. The molecular formula is C6H13N3O. The Morgan fingerprint density at radius 1 is 1.60 bits per heavy atom. The smallest absolute Gasteiger partial charge is 0.237 e. The Bertz CT molecular complexity index is 131. The summed E-state index contributed by atoms with van der Waals surface area (Å²) in [6.07, 6.45) is 1.65. The van der Waals surface area contributed by atoms with Crippen LogP contribution in [0.15, 0.2) is 0 Å². The minimum atomic E-state index is 0.0594. The van der Waals surface area contributed by atoms with Crippen LogP contribution < -0.4 is 16.6 Å². The SMILES string of the molecule is CNNC(=O)C1CC(N)C1. The fourth-order valence-electron chi connectivity index (χ4n) is 1.10. The molecule has 0 bridgehead atoms. The normalized spacial score (nSPS) is 31.0. The highest BCUT2D eigenvalue weighted by Gasteiger charge is 2.31. The Morgan fingerprint density at radius 3 is 2.60 bits per heavy atom. The lowest BCUT2D eigenvalue weighted by Gasteiger charge is -2.30. The molecule has 0 unspecified atom stereocenters. The Hall–Kier alpha value is -0.610. The molecule has 0 aromatic heterocycles. The van der Waals surface area contributed by atoms with E-state index in [0.717, 1.165) is 12.8 Å². The molecule has 4 nitrogen and oxygen atoms in total. The van der Waals surface area contributed by atoms with Crippen molar-refractivity contribution in [1.29, 1.82) is 0 Å². The van der Waals surface area contributed by atoms with Gasteiger partial charge in [-0.2, -0.15) is 0 Å². The summed E-state index contributed by atoms with van der Waals surface area (Å²) in [5, 5.41) is 0. The second-order valence-corrected chi connectivity index (χ2v) is 2.67. The number of carbonyl (C=O) groups is 1. The van der Waals surface area contributed by atoms with Crippen LogP contribution >= 0.6 is 0 Å². The first-order valence-electron chi connectivity index (χ1n) is 3.46. The molecule has 1 saturated carbocycles. The monoisotopic (exact) mass is 143 g/mol. The van der Waals surface area contributed by atoms with Crippen LogP contribution in [-0.4, -0.2) is 19.0 Å². The average Bonchev–Trinajstić information content (AvgIpc) is 1.82. The second kappa shape index (κ2) is 2.98. The summed E-state index contributed by atoms with van der Waals surface area (Å²) >= 11 is 0. The standard InChI is InChI=1S/C6H13N3O/c1-8-9-6(10)4-2-5(7)3-4/h4-5,8H,2-3,7H2,1H3,(H,9,10). The highest BCUT2D eigenvalue weighted by Crippen LogP contribution is 2.24. The molecule has 58 valence electrons. The molecule has 10 heavy (non-hydrogen) atoms. The van der Waals surface area contributed by atoms with Gasteiger partial charge in [-0.15, -0.1) is 0 Å². The summed E-state index contributed by atoms with van der Waals surface area (Å²) in [4.78, 5) is 10.9.